The van der Waals surface area contributed by atoms with Crippen molar-refractivity contribution >= 4 is 232 Å². The molecule has 0 unspecified atom stereocenters. The van der Waals surface area contributed by atoms with Crippen LogP contribution in [-0.4, -0.2) is 161 Å². The maximum absolute atomic E-state index is 9.43. The Labute approximate surface area is 858 Å². The smallest absolute Gasteiger partial charge is 0.317 e. The van der Waals surface area contributed by atoms with Crippen LogP contribution >= 0.6 is 97.5 Å². The Morgan fingerprint density at radius 3 is 0.940 bits per heavy atom. The van der Waals surface area contributed by atoms with Gasteiger partial charge in [-0.1, -0.05) is 344 Å². The number of phenols is 2. The molecule has 0 spiro atoms. The molecular weight excluding hydrogens is 2170 g/mol. The van der Waals surface area contributed by atoms with Crippen molar-refractivity contribution in [3.05, 3.63) is 330 Å². The number of ether oxygens (including phenoxy) is 2. The lowest BCUT2D eigenvalue weighted by Crippen LogP contribution is -2.48. The van der Waals surface area contributed by atoms with Gasteiger partial charge in [-0.3, -0.25) is 14.4 Å². The first-order valence-corrected chi connectivity index (χ1v) is 77.0. The van der Waals surface area contributed by atoms with Crippen LogP contribution in [0, 0.1) is 0 Å². The number of nitrogens with two attached hydrogens (primary N) is 1. The third kappa shape index (κ3) is 76.3. The molecule has 9 N–H and O–H groups in total. The Bertz CT molecular complexity index is 4400. The minimum atomic E-state index is -2.11. The number of carboxylic acid groups (broad SMARTS) is 3. The summed E-state index contributed by atoms with van der Waals surface area (Å²) in [4.78, 5) is 28.1. The zero-order chi connectivity index (χ0) is 101. The van der Waals surface area contributed by atoms with E-state index in [0.29, 0.717) is 40.1 Å². The van der Waals surface area contributed by atoms with Gasteiger partial charge < -0.3 is 71.5 Å². The van der Waals surface area contributed by atoms with E-state index in [1.165, 1.54) is 55.9 Å². The summed E-state index contributed by atoms with van der Waals surface area (Å²) in [6, 6.07) is 83.5. The molecule has 133 heavy (non-hydrogen) atoms. The van der Waals surface area contributed by atoms with Gasteiger partial charge in [0, 0.05) is 48.9 Å². The van der Waals surface area contributed by atoms with Gasteiger partial charge >= 0.3 is 35.0 Å². The highest BCUT2D eigenvalue weighted by Crippen LogP contribution is 2.30. The van der Waals surface area contributed by atoms with Crippen LogP contribution < -0.4 is 25.6 Å². The zero-order valence-electron chi connectivity index (χ0n) is 80.5. The maximum atomic E-state index is 9.43. The van der Waals surface area contributed by atoms with Crippen LogP contribution in [-0.2, 0) is 75.4 Å². The van der Waals surface area contributed by atoms with Crippen LogP contribution in [0.1, 0.15) is 62.1 Å². The van der Waals surface area contributed by atoms with E-state index in [2.05, 4.69) is 301 Å². The highest BCUT2D eigenvalue weighted by molar-refractivity contribution is 9.09. The van der Waals surface area contributed by atoms with E-state index in [1.54, 1.807) is 60.7 Å². The minimum Gasteiger partial charge on any atom is -0.508 e. The Morgan fingerprint density at radius 2 is 0.707 bits per heavy atom. The number of alkyl halides is 5. The third-order valence-corrected chi connectivity index (χ3v) is 41.9. The number of phenolic OH excluding ortho intramolecular Hbond substituents is 2. The van der Waals surface area contributed by atoms with Gasteiger partial charge in [0.2, 0.25) is 0 Å². The molecular formula is C98H144Br4Cl3NO17Si10. The molecule has 0 aliphatic carbocycles. The normalized spacial score (nSPS) is 10.3. The number of carbonyl (C=O) groups is 3. The summed E-state index contributed by atoms with van der Waals surface area (Å²) in [6.07, 6.45) is 4.66. The van der Waals surface area contributed by atoms with Crippen molar-refractivity contribution in [2.24, 2.45) is 5.73 Å². The second kappa shape index (κ2) is 78.6. The van der Waals surface area contributed by atoms with Crippen molar-refractivity contribution in [1.82, 2.24) is 0 Å². The molecule has 0 amide bonds. The van der Waals surface area contributed by atoms with Gasteiger partial charge in [0.1, 0.15) is 42.6 Å². The van der Waals surface area contributed by atoms with E-state index < -0.39 is 92.9 Å². The van der Waals surface area contributed by atoms with Crippen molar-refractivity contribution in [1.29, 1.82) is 0 Å². The molecule has 0 radical (unpaired) electrons. The molecule has 10 aromatic rings. The Hall–Kier alpha value is -6.33. The van der Waals surface area contributed by atoms with E-state index in [-0.39, 0.29) is 40.8 Å². The van der Waals surface area contributed by atoms with Gasteiger partial charge in [-0.15, -0.1) is 33.8 Å². The number of aliphatic carboxylic acids is 3. The van der Waals surface area contributed by atoms with Crippen molar-refractivity contribution in [3.8, 4) is 34.1 Å². The molecule has 0 aliphatic heterocycles. The van der Waals surface area contributed by atoms with E-state index in [1.807, 2.05) is 106 Å². The number of aliphatic hydroxyl groups excluding tert-OH is 2. The zero-order valence-corrected chi connectivity index (χ0v) is 101. The largest absolute Gasteiger partial charge is 0.508 e. The van der Waals surface area contributed by atoms with E-state index in [0.717, 1.165) is 54.7 Å². The average Bonchev–Trinajstić information content (AvgIpc) is 0.826. The molecule has 0 heterocycles. The van der Waals surface area contributed by atoms with Crippen LogP contribution in [0.4, 0.5) is 0 Å². The molecule has 0 fully saturated rings. The SMILES string of the molecule is BrCc1ccc(CBr)cc1.BrCc1ccccc1-c1ccccc1CBr.C=Cc1ccc(C=C)cc1.C=Cc1ccc(CCl)cc1.C[SiH2]C.C[SiH](C)O[SiH](C)C.C[SiH](C)O[Si](C)(C)O[SiH](C)C.C[Si](C)(Cl)O[Si](C)(C)O[Si](C)(C)Cl.NCC(=O)O.O=C(O)CC(=O)O.OCc1ccc(CO)cc1.Oc1cccc(OCCOc2cccc(O)c2)c1.c1ccc([SiH2]c2ccccc2)cc1. The van der Waals surface area contributed by atoms with Gasteiger partial charge in [-0.25, -0.2) is 0 Å². The molecule has 0 saturated carbocycles. The van der Waals surface area contributed by atoms with E-state index in [4.69, 9.17) is 89.3 Å². The van der Waals surface area contributed by atoms with Gasteiger partial charge in [-0.05, 0) is 196 Å². The topological polar surface area (TPSA) is 283 Å². The summed E-state index contributed by atoms with van der Waals surface area (Å²) in [6.45, 7) is 49.7. The van der Waals surface area contributed by atoms with Crippen molar-refractivity contribution in [3.63, 3.8) is 0 Å². The van der Waals surface area contributed by atoms with Crippen LogP contribution in [0.25, 0.3) is 29.4 Å². The van der Waals surface area contributed by atoms with E-state index in [9.17, 15) is 24.6 Å². The molecule has 18 nitrogen and oxygen atoms in total. The number of benzene rings is 10. The minimum absolute atomic E-state index is 0.0612. The number of aliphatic hydroxyl groups is 2. The molecule has 10 rings (SSSR count). The monoisotopic (exact) mass is 2310 g/mol. The van der Waals surface area contributed by atoms with Crippen LogP contribution in [0.2, 0.25) is 118 Å². The predicted octanol–water partition coefficient (Wildman–Crippen LogP) is 23.8. The van der Waals surface area contributed by atoms with Crippen LogP contribution in [0.5, 0.6) is 23.0 Å². The standard InChI is InChI=1S/C14H12Br2.C14H14O4.C12H12Si.C10H10.C9H9Cl.C8H8Br2.C8H10O2.C6H18Cl2O2Si3.C6H20O2Si3.C4H14OSi2.C3H4O4.C2H5NO2.C2H8Si/c15-9-11-5-1-3-7-13(11)14-8-4-2-6-12(14)10-16;15-11-3-1-5-13(9-11)17-7-8-18-14-6-2-4-12(16)10-14;1-3-7-11(8-4-1)13-12-9-5-2-6-10-12;1-3-9-5-7-10(4-2)8-6-9;1-2-8-3-5-9(7-10)6-4-8;2*9-5-7-1-2-8(6-10)4-3-7;1-11(2,7)9-13(5,6)10-12(3,4)8;1-9(2)7-11(5,6)8-10(3)4;1-6(2)5-7(3)4;4-2(5)1-3(6)7;3-1-2(4)5;1-3-2/h1-8H,9-10H2;1-6,9-10,15-16H,7-8H2;1-10H,13H2;3-8H,1-2H2;2-6H,1,7H2;1-4H,5-6H2;1-4,9-10H,5-6H2;1-6H3;9-10H,1-6H3;6-7H,1-4H3;1H2,(H,4,5)(H,6,7);1,3H2,(H,4,5);3H2,1-2H3. The van der Waals surface area contributed by atoms with Crippen molar-refractivity contribution < 1.29 is 80.2 Å². The quantitative estimate of drug-likeness (QED) is 0.00659. The molecule has 0 aliphatic rings. The summed E-state index contributed by atoms with van der Waals surface area (Å²) < 4.78 is 39.5. The highest BCUT2D eigenvalue weighted by Gasteiger charge is 2.38. The Kier molecular flexibility index (Phi) is 77.3. The fourth-order valence-electron chi connectivity index (χ4n) is 10.7. The fraction of sp³-hybridized carbons (Fsp3) is 0.296. The van der Waals surface area contributed by atoms with Crippen LogP contribution in [0.3, 0.4) is 0 Å². The first-order chi connectivity index (χ1) is 62.7. The second-order valence-electron chi connectivity index (χ2n) is 31.4. The van der Waals surface area contributed by atoms with Crippen LogP contribution in [0.15, 0.2) is 275 Å². The molecule has 10 aromatic carbocycles. The summed E-state index contributed by atoms with van der Waals surface area (Å²) >= 11 is 31.6. The highest BCUT2D eigenvalue weighted by atomic mass is 79.9. The lowest BCUT2D eigenvalue weighted by molar-refractivity contribution is -0.147. The lowest BCUT2D eigenvalue weighted by atomic mass is 9.97. The second-order valence-corrected chi connectivity index (χ2v) is 66.8. The number of aromatic hydroxyl groups is 2. The number of carboxylic acids is 3. The molecule has 0 saturated heterocycles. The summed E-state index contributed by atoms with van der Waals surface area (Å²) in [5, 5.41) is 65.4. The average molecular weight is 2320 g/mol. The van der Waals surface area contributed by atoms with Gasteiger partial charge in [-0.2, -0.15) is 0 Å². The maximum Gasteiger partial charge on any atom is 0.317 e. The lowest BCUT2D eigenvalue weighted by Gasteiger charge is -2.33. The number of rotatable bonds is 31. The Balaban J connectivity index is -0.00000140. The molecule has 35 heteroatoms. The fourth-order valence-corrected chi connectivity index (χ4v) is 41.5. The molecule has 0 atom stereocenters. The Morgan fingerprint density at radius 1 is 0.414 bits per heavy atom. The van der Waals surface area contributed by atoms with Gasteiger partial charge in [0.15, 0.2) is 36.2 Å². The first kappa shape index (κ1) is 131. The van der Waals surface area contributed by atoms with Crippen molar-refractivity contribution in [2.45, 2.75) is 165 Å². The van der Waals surface area contributed by atoms with Gasteiger partial charge in [0.05, 0.1) is 29.3 Å². The first-order valence-electron chi connectivity index (χ1n) is 43.2. The van der Waals surface area contributed by atoms with Crippen molar-refractivity contribution in [2.75, 3.05) is 19.8 Å². The molecule has 0 aromatic heterocycles. The summed E-state index contributed by atoms with van der Waals surface area (Å²) in [7, 11) is -10.8. The number of halogens is 7. The summed E-state index contributed by atoms with van der Waals surface area (Å²) in [5.41, 5.74) is 18.8. The molecule has 732 valence electrons. The predicted molar refractivity (Wildman–Crippen MR) is 607 cm³/mol. The number of hydrogen-bond donors (Lipinski definition) is 8. The number of hydrogen-bond acceptors (Lipinski definition) is 15. The third-order valence-electron chi connectivity index (χ3n) is 15.5. The van der Waals surface area contributed by atoms with Gasteiger partial charge in [0.25, 0.3) is 15.3 Å². The summed E-state index contributed by atoms with van der Waals surface area (Å²) in [5.74, 6) is -1.49. The molecule has 0 bridgehead atoms. The van der Waals surface area contributed by atoms with E-state index >= 15 is 0 Å².